The van der Waals surface area contributed by atoms with E-state index in [0.717, 1.165) is 33.7 Å². The van der Waals surface area contributed by atoms with Crippen LogP contribution in [0, 0.1) is 5.92 Å². The fraction of sp³-hybridized carbons (Fsp3) is 0.600. The molecule has 0 aromatic heterocycles. The normalized spacial score (nSPS) is 19.0. The van der Waals surface area contributed by atoms with E-state index in [1.807, 2.05) is 18.2 Å². The summed E-state index contributed by atoms with van der Waals surface area (Å²) in [4.78, 5) is 2.32. The Bertz CT molecular complexity index is 434. The zero-order valence-electron chi connectivity index (χ0n) is 11.7. The van der Waals surface area contributed by atoms with Crippen LogP contribution in [-0.2, 0) is 0 Å². The van der Waals surface area contributed by atoms with Gasteiger partial charge in [0.25, 0.3) is 0 Å². The average Bonchev–Trinajstić information content (AvgIpc) is 2.40. The molecule has 3 nitrogen and oxygen atoms in total. The van der Waals surface area contributed by atoms with Gasteiger partial charge in [-0.15, -0.1) is 0 Å². The van der Waals surface area contributed by atoms with E-state index in [4.69, 9.17) is 4.74 Å². The number of aliphatic hydroxyl groups excluding tert-OH is 1. The van der Waals surface area contributed by atoms with E-state index in [9.17, 15) is 5.11 Å². The summed E-state index contributed by atoms with van der Waals surface area (Å²) in [6.07, 6.45) is 2.01. The second kappa shape index (κ2) is 7.78. The van der Waals surface area contributed by atoms with Crippen molar-refractivity contribution in [2.24, 2.45) is 5.92 Å². The van der Waals surface area contributed by atoms with Gasteiger partial charge in [0, 0.05) is 11.0 Å². The number of benzene rings is 1. The van der Waals surface area contributed by atoms with Crippen LogP contribution in [-0.4, -0.2) is 42.4 Å². The quantitative estimate of drug-likeness (QED) is 0.809. The Morgan fingerprint density at radius 3 is 2.70 bits per heavy atom. The zero-order chi connectivity index (χ0) is 14.5. The molecule has 0 aliphatic carbocycles. The first kappa shape index (κ1) is 16.3. The zero-order valence-corrected chi connectivity index (χ0v) is 14.9. The van der Waals surface area contributed by atoms with Crippen LogP contribution in [0.3, 0.4) is 0 Å². The third kappa shape index (κ3) is 5.02. The molecule has 5 heteroatoms. The van der Waals surface area contributed by atoms with Gasteiger partial charge >= 0.3 is 0 Å². The maximum Gasteiger partial charge on any atom is 0.133 e. The monoisotopic (exact) mass is 405 g/mol. The van der Waals surface area contributed by atoms with Crippen LogP contribution in [0.1, 0.15) is 19.8 Å². The summed E-state index contributed by atoms with van der Waals surface area (Å²) in [6, 6.07) is 5.76. The fourth-order valence-electron chi connectivity index (χ4n) is 2.37. The molecule has 2 rings (SSSR count). The lowest BCUT2D eigenvalue weighted by atomic mass is 9.99. The molecule has 1 aliphatic rings. The van der Waals surface area contributed by atoms with Gasteiger partial charge in [-0.2, -0.15) is 0 Å². The summed E-state index contributed by atoms with van der Waals surface area (Å²) in [7, 11) is 0. The van der Waals surface area contributed by atoms with E-state index in [2.05, 4.69) is 43.7 Å². The van der Waals surface area contributed by atoms with Gasteiger partial charge in [0.2, 0.25) is 0 Å². The molecule has 0 amide bonds. The molecule has 1 N–H and O–H groups in total. The Balaban J connectivity index is 1.76. The van der Waals surface area contributed by atoms with Gasteiger partial charge in [-0.05, 0) is 66.0 Å². The van der Waals surface area contributed by atoms with Gasteiger partial charge in [-0.25, -0.2) is 0 Å². The van der Waals surface area contributed by atoms with Gasteiger partial charge in [0.05, 0.1) is 4.47 Å². The van der Waals surface area contributed by atoms with Gasteiger partial charge in [0.15, 0.2) is 0 Å². The van der Waals surface area contributed by atoms with Gasteiger partial charge in [0.1, 0.15) is 18.5 Å². The van der Waals surface area contributed by atoms with Gasteiger partial charge in [-0.3, -0.25) is 0 Å². The summed E-state index contributed by atoms with van der Waals surface area (Å²) >= 11 is 6.86. The number of ether oxygens (including phenoxy) is 1. The van der Waals surface area contributed by atoms with Crippen LogP contribution >= 0.6 is 31.9 Å². The summed E-state index contributed by atoms with van der Waals surface area (Å²) in [6.45, 7) is 5.48. The number of hydrogen-bond donors (Lipinski definition) is 1. The average molecular weight is 407 g/mol. The summed E-state index contributed by atoms with van der Waals surface area (Å²) in [5, 5.41) is 10.1. The van der Waals surface area contributed by atoms with E-state index in [1.165, 1.54) is 12.8 Å². The van der Waals surface area contributed by atoms with Crippen molar-refractivity contribution in [3.8, 4) is 5.75 Å². The predicted octanol–water partition coefficient (Wildman–Crippen LogP) is 3.68. The number of aliphatic hydroxyl groups is 1. The second-order valence-electron chi connectivity index (χ2n) is 5.52. The van der Waals surface area contributed by atoms with Crippen LogP contribution in [0.4, 0.5) is 0 Å². The number of hydrogen-bond acceptors (Lipinski definition) is 3. The Kier molecular flexibility index (Phi) is 6.33. The number of rotatable bonds is 5. The smallest absolute Gasteiger partial charge is 0.133 e. The van der Waals surface area contributed by atoms with Crippen molar-refractivity contribution < 1.29 is 9.84 Å². The van der Waals surface area contributed by atoms with Crippen molar-refractivity contribution >= 4 is 31.9 Å². The highest BCUT2D eigenvalue weighted by molar-refractivity contribution is 9.11. The van der Waals surface area contributed by atoms with E-state index in [0.29, 0.717) is 13.2 Å². The van der Waals surface area contributed by atoms with Crippen molar-refractivity contribution in [2.75, 3.05) is 26.2 Å². The van der Waals surface area contributed by atoms with Crippen LogP contribution in [0.15, 0.2) is 27.1 Å². The molecule has 1 saturated heterocycles. The molecule has 0 bridgehead atoms. The number of nitrogens with zero attached hydrogens (tertiary/aromatic N) is 1. The van der Waals surface area contributed by atoms with E-state index >= 15 is 0 Å². The maximum atomic E-state index is 10.1. The molecule has 1 aromatic carbocycles. The minimum absolute atomic E-state index is 0.326. The lowest BCUT2D eigenvalue weighted by Gasteiger charge is -2.31. The Morgan fingerprint density at radius 2 is 2.05 bits per heavy atom. The third-order valence-electron chi connectivity index (χ3n) is 3.67. The molecule has 0 radical (unpaired) electrons. The van der Waals surface area contributed by atoms with Crippen LogP contribution in [0.5, 0.6) is 5.75 Å². The standard InChI is InChI=1S/C15H21Br2NO2/c1-11-4-6-18(7-5-11)9-13(19)10-20-15-3-2-12(16)8-14(15)17/h2-3,8,11,13,19H,4-7,9-10H2,1H3/t13-/m0/s1. The molecule has 112 valence electrons. The molecule has 1 aromatic rings. The summed E-state index contributed by atoms with van der Waals surface area (Å²) in [5.74, 6) is 1.58. The van der Waals surface area contributed by atoms with E-state index < -0.39 is 6.10 Å². The highest BCUT2D eigenvalue weighted by Gasteiger charge is 2.18. The maximum absolute atomic E-state index is 10.1. The van der Waals surface area contributed by atoms with E-state index in [1.54, 1.807) is 0 Å². The van der Waals surface area contributed by atoms with Crippen molar-refractivity contribution in [1.29, 1.82) is 0 Å². The molecule has 1 fully saturated rings. The number of halogens is 2. The molecule has 1 aliphatic heterocycles. The minimum atomic E-state index is -0.445. The van der Waals surface area contributed by atoms with Crippen LogP contribution in [0.25, 0.3) is 0 Å². The lowest BCUT2D eigenvalue weighted by molar-refractivity contribution is 0.0561. The minimum Gasteiger partial charge on any atom is -0.490 e. The molecule has 1 heterocycles. The first-order chi connectivity index (χ1) is 9.54. The van der Waals surface area contributed by atoms with Crippen molar-refractivity contribution in [2.45, 2.75) is 25.9 Å². The molecular weight excluding hydrogens is 386 g/mol. The van der Waals surface area contributed by atoms with Crippen molar-refractivity contribution in [3.05, 3.63) is 27.1 Å². The Hall–Kier alpha value is -0.100. The predicted molar refractivity (Wildman–Crippen MR) is 88.2 cm³/mol. The largest absolute Gasteiger partial charge is 0.490 e. The van der Waals surface area contributed by atoms with Crippen LogP contribution < -0.4 is 4.74 Å². The van der Waals surface area contributed by atoms with E-state index in [-0.39, 0.29) is 0 Å². The first-order valence-corrected chi connectivity index (χ1v) is 8.61. The molecule has 1 atom stereocenters. The number of piperidine rings is 1. The SMILES string of the molecule is CC1CCN(C[C@H](O)COc2ccc(Br)cc2Br)CC1. The highest BCUT2D eigenvalue weighted by Crippen LogP contribution is 2.28. The lowest BCUT2D eigenvalue weighted by Crippen LogP contribution is -2.40. The van der Waals surface area contributed by atoms with Gasteiger partial charge in [-0.1, -0.05) is 22.9 Å². The third-order valence-corrected chi connectivity index (χ3v) is 4.78. The molecule has 0 spiro atoms. The van der Waals surface area contributed by atoms with Crippen molar-refractivity contribution in [3.63, 3.8) is 0 Å². The summed E-state index contributed by atoms with van der Waals surface area (Å²) < 4.78 is 7.57. The molecule has 0 saturated carbocycles. The molecule has 0 unspecified atom stereocenters. The Labute approximate surface area is 137 Å². The number of β-amino-alcohol motifs (C(OH)–C–C–N with tert-alkyl or cyclic N) is 1. The molecule has 20 heavy (non-hydrogen) atoms. The Morgan fingerprint density at radius 1 is 1.35 bits per heavy atom. The summed E-state index contributed by atoms with van der Waals surface area (Å²) in [5.41, 5.74) is 0. The van der Waals surface area contributed by atoms with Crippen molar-refractivity contribution in [1.82, 2.24) is 4.90 Å². The molecular formula is C15H21Br2NO2. The second-order valence-corrected chi connectivity index (χ2v) is 7.29. The fourth-order valence-corrected chi connectivity index (χ4v) is 3.54. The van der Waals surface area contributed by atoms with Gasteiger partial charge < -0.3 is 14.7 Å². The number of likely N-dealkylation sites (tertiary alicyclic amines) is 1. The first-order valence-electron chi connectivity index (χ1n) is 7.03. The van der Waals surface area contributed by atoms with Crippen LogP contribution in [0.2, 0.25) is 0 Å². The highest BCUT2D eigenvalue weighted by atomic mass is 79.9. The topological polar surface area (TPSA) is 32.7 Å².